The molecule has 0 unspecified atom stereocenters. The van der Waals surface area contributed by atoms with Crippen LogP contribution in [-0.4, -0.2) is 23.3 Å². The Morgan fingerprint density at radius 2 is 1.56 bits per heavy atom. The molecule has 2 aromatic carbocycles. The van der Waals surface area contributed by atoms with Crippen LogP contribution in [0.4, 0.5) is 22.1 Å². The van der Waals surface area contributed by atoms with Gasteiger partial charge in [0, 0.05) is 19.3 Å². The topological polar surface area (TPSA) is 70.2 Å². The van der Waals surface area contributed by atoms with Crippen molar-refractivity contribution in [3.8, 4) is 0 Å². The van der Waals surface area contributed by atoms with E-state index >= 15 is 0 Å². The number of urea groups is 1. The van der Waals surface area contributed by atoms with E-state index in [1.807, 2.05) is 66.5 Å². The summed E-state index contributed by atoms with van der Waals surface area (Å²) in [6, 6.07) is 22.6. The van der Waals surface area contributed by atoms with Crippen LogP contribution in [-0.2, 0) is 6.54 Å². The van der Waals surface area contributed by atoms with Crippen molar-refractivity contribution in [2.24, 2.45) is 0 Å². The Balaban J connectivity index is 1.57. The van der Waals surface area contributed by atoms with E-state index in [0.29, 0.717) is 11.5 Å². The van der Waals surface area contributed by atoms with Gasteiger partial charge in [-0.1, -0.05) is 48.5 Å². The summed E-state index contributed by atoms with van der Waals surface area (Å²) in [5, 5.41) is 13.6. The van der Waals surface area contributed by atoms with Gasteiger partial charge in [-0.2, -0.15) is 0 Å². The lowest BCUT2D eigenvalue weighted by Gasteiger charge is -2.17. The van der Waals surface area contributed by atoms with Crippen LogP contribution in [0.25, 0.3) is 0 Å². The molecule has 0 aliphatic heterocycles. The minimum absolute atomic E-state index is 0.356. The highest BCUT2D eigenvalue weighted by molar-refractivity contribution is 5.99. The molecule has 0 aliphatic carbocycles. The second kappa shape index (κ2) is 7.92. The van der Waals surface area contributed by atoms with Gasteiger partial charge in [-0.05, 0) is 29.8 Å². The van der Waals surface area contributed by atoms with Gasteiger partial charge in [0.1, 0.15) is 0 Å². The average molecular weight is 333 g/mol. The molecule has 126 valence electrons. The molecule has 6 nitrogen and oxygen atoms in total. The largest absolute Gasteiger partial charge is 0.354 e. The summed E-state index contributed by atoms with van der Waals surface area (Å²) >= 11 is 0. The highest BCUT2D eigenvalue weighted by atomic mass is 16.2. The third kappa shape index (κ3) is 4.78. The number of hydrogen-bond donors (Lipinski definition) is 2. The average Bonchev–Trinajstić information content (AvgIpc) is 2.64. The first-order valence-electron chi connectivity index (χ1n) is 7.92. The molecule has 3 rings (SSSR count). The van der Waals surface area contributed by atoms with Gasteiger partial charge in [0.15, 0.2) is 11.6 Å². The van der Waals surface area contributed by atoms with Gasteiger partial charge in [-0.3, -0.25) is 5.32 Å². The molecule has 25 heavy (non-hydrogen) atoms. The monoisotopic (exact) mass is 333 g/mol. The predicted octanol–water partition coefficient (Wildman–Crippen LogP) is 3.76. The Hall–Kier alpha value is -3.41. The lowest BCUT2D eigenvalue weighted by molar-refractivity contribution is 0.262. The number of hydrogen-bond acceptors (Lipinski definition) is 4. The minimum atomic E-state index is -0.356. The van der Waals surface area contributed by atoms with Crippen LogP contribution in [0.3, 0.4) is 0 Å². The van der Waals surface area contributed by atoms with Crippen molar-refractivity contribution >= 4 is 23.4 Å². The van der Waals surface area contributed by atoms with Crippen LogP contribution in [0.2, 0.25) is 0 Å². The molecular weight excluding hydrogens is 314 g/mol. The van der Waals surface area contributed by atoms with E-state index < -0.39 is 0 Å². The molecule has 1 heterocycles. The Kier molecular flexibility index (Phi) is 5.21. The number of benzene rings is 2. The fourth-order valence-corrected chi connectivity index (χ4v) is 2.33. The Bertz CT molecular complexity index is 806. The van der Waals surface area contributed by atoms with Crippen molar-refractivity contribution in [1.82, 2.24) is 10.2 Å². The van der Waals surface area contributed by atoms with Crippen LogP contribution >= 0.6 is 0 Å². The van der Waals surface area contributed by atoms with Crippen molar-refractivity contribution in [3.05, 3.63) is 78.4 Å². The van der Waals surface area contributed by atoms with E-state index in [2.05, 4.69) is 33.0 Å². The summed E-state index contributed by atoms with van der Waals surface area (Å²) < 4.78 is 0. The molecule has 0 saturated carbocycles. The van der Waals surface area contributed by atoms with Gasteiger partial charge in [0.05, 0.1) is 0 Å². The normalized spacial score (nSPS) is 10.1. The number of nitrogens with zero attached hydrogens (tertiary/aromatic N) is 3. The lowest BCUT2D eigenvalue weighted by atomic mass is 10.2. The van der Waals surface area contributed by atoms with Crippen LogP contribution in [0.5, 0.6) is 0 Å². The molecule has 1 aromatic heterocycles. The molecule has 0 radical (unpaired) electrons. The second-order valence-electron chi connectivity index (χ2n) is 5.56. The molecule has 6 heteroatoms. The number of aromatic nitrogens is 2. The number of nitrogens with one attached hydrogen (secondary N) is 2. The predicted molar refractivity (Wildman–Crippen MR) is 99.7 cm³/mol. The molecule has 3 aromatic rings. The lowest BCUT2D eigenvalue weighted by Crippen LogP contribution is -2.21. The molecule has 2 N–H and O–H groups in total. The maximum Gasteiger partial charge on any atom is 0.324 e. The summed E-state index contributed by atoms with van der Waals surface area (Å²) in [5.41, 5.74) is 1.91. The standard InChI is InChI=1S/C19H19N5O/c1-24(14-15-8-4-2-5-9-15)18-13-12-17(22-23-18)21-19(25)20-16-10-6-3-7-11-16/h2-13H,14H2,1H3,(H2,20,21,22,25). The van der Waals surface area contributed by atoms with Crippen LogP contribution in [0.15, 0.2) is 72.8 Å². The van der Waals surface area contributed by atoms with Gasteiger partial charge >= 0.3 is 6.03 Å². The minimum Gasteiger partial charge on any atom is -0.354 e. The number of rotatable bonds is 5. The fourth-order valence-electron chi connectivity index (χ4n) is 2.33. The molecule has 0 saturated heterocycles. The van der Waals surface area contributed by atoms with Gasteiger partial charge in [-0.25, -0.2) is 4.79 Å². The number of amides is 2. The molecule has 0 aliphatic rings. The first kappa shape index (κ1) is 16.4. The number of carbonyl (C=O) groups excluding carboxylic acids is 1. The van der Waals surface area contributed by atoms with Crippen molar-refractivity contribution in [2.75, 3.05) is 22.6 Å². The fraction of sp³-hybridized carbons (Fsp3) is 0.105. The highest BCUT2D eigenvalue weighted by Gasteiger charge is 2.07. The van der Waals surface area contributed by atoms with Crippen molar-refractivity contribution < 1.29 is 4.79 Å². The maximum atomic E-state index is 11.9. The van der Waals surface area contributed by atoms with Gasteiger partial charge < -0.3 is 10.2 Å². The van der Waals surface area contributed by atoms with Gasteiger partial charge in [0.2, 0.25) is 0 Å². The quantitative estimate of drug-likeness (QED) is 0.746. The van der Waals surface area contributed by atoms with E-state index in [1.54, 1.807) is 6.07 Å². The van der Waals surface area contributed by atoms with Gasteiger partial charge in [-0.15, -0.1) is 10.2 Å². The van der Waals surface area contributed by atoms with Gasteiger partial charge in [0.25, 0.3) is 0 Å². The zero-order valence-electron chi connectivity index (χ0n) is 13.9. The number of anilines is 3. The number of para-hydroxylation sites is 1. The molecule has 0 bridgehead atoms. The number of carbonyl (C=O) groups is 1. The Morgan fingerprint density at radius 1 is 0.880 bits per heavy atom. The molecule has 0 atom stereocenters. The molecule has 2 amide bonds. The molecule has 0 fully saturated rings. The van der Waals surface area contributed by atoms with Crippen LogP contribution in [0.1, 0.15) is 5.56 Å². The summed E-state index contributed by atoms with van der Waals surface area (Å²) in [6.45, 7) is 0.733. The van der Waals surface area contributed by atoms with Crippen molar-refractivity contribution in [2.45, 2.75) is 6.54 Å². The van der Waals surface area contributed by atoms with Crippen molar-refractivity contribution in [3.63, 3.8) is 0 Å². The van der Waals surface area contributed by atoms with Crippen molar-refractivity contribution in [1.29, 1.82) is 0 Å². The first-order valence-corrected chi connectivity index (χ1v) is 7.92. The smallest absolute Gasteiger partial charge is 0.324 e. The van der Waals surface area contributed by atoms with E-state index in [9.17, 15) is 4.79 Å². The summed E-state index contributed by atoms with van der Waals surface area (Å²) in [7, 11) is 1.95. The van der Waals surface area contributed by atoms with E-state index in [-0.39, 0.29) is 6.03 Å². The Morgan fingerprint density at radius 3 is 2.20 bits per heavy atom. The molecular formula is C19H19N5O. The second-order valence-corrected chi connectivity index (χ2v) is 5.56. The first-order chi connectivity index (χ1) is 12.2. The Labute approximate surface area is 146 Å². The van der Waals surface area contributed by atoms with E-state index in [1.165, 1.54) is 5.56 Å². The zero-order chi connectivity index (χ0) is 17.5. The van der Waals surface area contributed by atoms with Crippen LogP contribution in [0, 0.1) is 0 Å². The third-order valence-electron chi connectivity index (χ3n) is 3.58. The van der Waals surface area contributed by atoms with Crippen LogP contribution < -0.4 is 15.5 Å². The molecule has 0 spiro atoms. The third-order valence-corrected chi connectivity index (χ3v) is 3.58. The highest BCUT2D eigenvalue weighted by Crippen LogP contribution is 2.14. The zero-order valence-corrected chi connectivity index (χ0v) is 13.9. The summed E-state index contributed by atoms with van der Waals surface area (Å²) in [4.78, 5) is 13.9. The van der Waals surface area contributed by atoms with E-state index in [0.717, 1.165) is 12.4 Å². The summed E-state index contributed by atoms with van der Waals surface area (Å²) in [6.07, 6.45) is 0. The maximum absolute atomic E-state index is 11.9. The SMILES string of the molecule is CN(Cc1ccccc1)c1ccc(NC(=O)Nc2ccccc2)nn1. The van der Waals surface area contributed by atoms with E-state index in [4.69, 9.17) is 0 Å². The summed E-state index contributed by atoms with van der Waals surface area (Å²) in [5.74, 6) is 1.13.